The molecule has 4 N–H and O–H groups in total. The fourth-order valence-electron chi connectivity index (χ4n) is 1.83. The standard InChI is InChI=1S/C15H18N4O2/c1-11-9-12(10-14(18-11)19-16)15(20)17-7-8-21-13-5-3-2-4-6-13/h2-6,9-10H,7-8,16H2,1H3,(H,17,20)(H,18,19). The fraction of sp³-hybridized carbons (Fsp3) is 0.200. The van der Waals surface area contributed by atoms with Gasteiger partial charge >= 0.3 is 0 Å². The van der Waals surface area contributed by atoms with Gasteiger partial charge in [-0.15, -0.1) is 0 Å². The summed E-state index contributed by atoms with van der Waals surface area (Å²) in [5, 5.41) is 2.79. The van der Waals surface area contributed by atoms with Crippen LogP contribution in [0.1, 0.15) is 16.1 Å². The molecule has 1 aromatic heterocycles. The summed E-state index contributed by atoms with van der Waals surface area (Å²) in [4.78, 5) is 16.1. The number of hydrogen-bond donors (Lipinski definition) is 3. The molecule has 2 rings (SSSR count). The summed E-state index contributed by atoms with van der Waals surface area (Å²) in [5.74, 6) is 6.36. The molecule has 0 fully saturated rings. The van der Waals surface area contributed by atoms with Gasteiger partial charge in [0.25, 0.3) is 5.91 Å². The highest BCUT2D eigenvalue weighted by molar-refractivity contribution is 5.94. The van der Waals surface area contributed by atoms with Gasteiger partial charge in [-0.2, -0.15) is 0 Å². The first kappa shape index (κ1) is 14.8. The molecule has 6 heteroatoms. The second-order valence-corrected chi connectivity index (χ2v) is 4.44. The van der Waals surface area contributed by atoms with Gasteiger partial charge in [0, 0.05) is 11.3 Å². The van der Waals surface area contributed by atoms with Crippen molar-refractivity contribution in [3.8, 4) is 5.75 Å². The first-order chi connectivity index (χ1) is 10.2. The number of aryl methyl sites for hydroxylation is 1. The Labute approximate surface area is 123 Å². The van der Waals surface area contributed by atoms with Crippen LogP contribution in [0.4, 0.5) is 5.82 Å². The van der Waals surface area contributed by atoms with E-state index in [1.165, 1.54) is 0 Å². The molecule has 21 heavy (non-hydrogen) atoms. The van der Waals surface area contributed by atoms with Crippen molar-refractivity contribution in [1.29, 1.82) is 0 Å². The van der Waals surface area contributed by atoms with Crippen molar-refractivity contribution >= 4 is 11.7 Å². The molecule has 1 aromatic carbocycles. The minimum absolute atomic E-state index is 0.186. The first-order valence-electron chi connectivity index (χ1n) is 6.60. The maximum Gasteiger partial charge on any atom is 0.251 e. The molecule has 0 unspecified atom stereocenters. The van der Waals surface area contributed by atoms with E-state index >= 15 is 0 Å². The number of nitrogens with two attached hydrogens (primary N) is 1. The third kappa shape index (κ3) is 4.47. The minimum Gasteiger partial charge on any atom is -0.492 e. The lowest BCUT2D eigenvalue weighted by Crippen LogP contribution is -2.28. The number of para-hydroxylation sites is 1. The molecule has 1 heterocycles. The van der Waals surface area contributed by atoms with Crippen LogP contribution in [-0.4, -0.2) is 24.0 Å². The van der Waals surface area contributed by atoms with Gasteiger partial charge < -0.3 is 15.5 Å². The Morgan fingerprint density at radius 1 is 1.29 bits per heavy atom. The molecule has 0 aliphatic carbocycles. The Morgan fingerprint density at radius 3 is 2.76 bits per heavy atom. The van der Waals surface area contributed by atoms with Crippen molar-refractivity contribution < 1.29 is 9.53 Å². The molecule has 1 amide bonds. The number of benzene rings is 1. The molecule has 6 nitrogen and oxygen atoms in total. The van der Waals surface area contributed by atoms with Crippen molar-refractivity contribution in [3.63, 3.8) is 0 Å². The Balaban J connectivity index is 1.83. The minimum atomic E-state index is -0.186. The van der Waals surface area contributed by atoms with E-state index in [0.717, 1.165) is 11.4 Å². The van der Waals surface area contributed by atoms with Crippen LogP contribution in [0, 0.1) is 6.92 Å². The van der Waals surface area contributed by atoms with Crippen LogP contribution in [0.25, 0.3) is 0 Å². The zero-order valence-corrected chi connectivity index (χ0v) is 11.8. The highest BCUT2D eigenvalue weighted by atomic mass is 16.5. The third-order valence-corrected chi connectivity index (χ3v) is 2.76. The molecule has 0 saturated carbocycles. The quantitative estimate of drug-likeness (QED) is 0.425. The van der Waals surface area contributed by atoms with Crippen LogP contribution in [0.3, 0.4) is 0 Å². The second kappa shape index (κ2) is 7.25. The molecular formula is C15H18N4O2. The molecule has 0 bridgehead atoms. The SMILES string of the molecule is Cc1cc(C(=O)NCCOc2ccccc2)cc(NN)n1. The average Bonchev–Trinajstić information content (AvgIpc) is 2.51. The number of nitrogens with zero attached hydrogens (tertiary/aromatic N) is 1. The highest BCUT2D eigenvalue weighted by Crippen LogP contribution is 2.09. The third-order valence-electron chi connectivity index (χ3n) is 2.76. The Morgan fingerprint density at radius 2 is 2.05 bits per heavy atom. The van der Waals surface area contributed by atoms with E-state index in [-0.39, 0.29) is 5.91 Å². The van der Waals surface area contributed by atoms with E-state index in [1.807, 2.05) is 30.3 Å². The number of aromatic nitrogens is 1. The number of rotatable bonds is 6. The van der Waals surface area contributed by atoms with Crippen LogP contribution in [-0.2, 0) is 0 Å². The van der Waals surface area contributed by atoms with Gasteiger partial charge in [0.1, 0.15) is 18.2 Å². The summed E-state index contributed by atoms with van der Waals surface area (Å²) in [7, 11) is 0. The van der Waals surface area contributed by atoms with Gasteiger partial charge in [0.15, 0.2) is 0 Å². The molecular weight excluding hydrogens is 268 g/mol. The lowest BCUT2D eigenvalue weighted by atomic mass is 10.2. The molecule has 0 radical (unpaired) electrons. The normalized spacial score (nSPS) is 10.0. The van der Waals surface area contributed by atoms with Gasteiger partial charge in [-0.05, 0) is 31.2 Å². The number of nitrogens with one attached hydrogen (secondary N) is 2. The number of anilines is 1. The highest BCUT2D eigenvalue weighted by Gasteiger charge is 2.07. The Kier molecular flexibility index (Phi) is 5.11. The van der Waals surface area contributed by atoms with Crippen LogP contribution in [0.5, 0.6) is 5.75 Å². The molecule has 2 aromatic rings. The largest absolute Gasteiger partial charge is 0.492 e. The summed E-state index contributed by atoms with van der Waals surface area (Å²) >= 11 is 0. The van der Waals surface area contributed by atoms with Crippen molar-refractivity contribution in [2.75, 3.05) is 18.6 Å². The van der Waals surface area contributed by atoms with Crippen molar-refractivity contribution in [2.24, 2.45) is 5.84 Å². The lowest BCUT2D eigenvalue weighted by Gasteiger charge is -2.09. The first-order valence-corrected chi connectivity index (χ1v) is 6.60. The second-order valence-electron chi connectivity index (χ2n) is 4.44. The van der Waals surface area contributed by atoms with Crippen LogP contribution in [0.15, 0.2) is 42.5 Å². The number of hydrogen-bond acceptors (Lipinski definition) is 5. The average molecular weight is 286 g/mol. The van der Waals surface area contributed by atoms with Crippen LogP contribution in [0.2, 0.25) is 0 Å². The fourth-order valence-corrected chi connectivity index (χ4v) is 1.83. The van der Waals surface area contributed by atoms with Gasteiger partial charge in [-0.1, -0.05) is 18.2 Å². The van der Waals surface area contributed by atoms with E-state index in [9.17, 15) is 4.79 Å². The summed E-state index contributed by atoms with van der Waals surface area (Å²) in [6, 6.07) is 12.8. The summed E-state index contributed by atoms with van der Waals surface area (Å²) in [6.45, 7) is 2.62. The maximum atomic E-state index is 12.0. The predicted octanol–water partition coefficient (Wildman–Crippen LogP) is 1.48. The molecule has 0 saturated heterocycles. The summed E-state index contributed by atoms with van der Waals surface area (Å²) < 4.78 is 5.50. The van der Waals surface area contributed by atoms with Gasteiger partial charge in [-0.3, -0.25) is 4.79 Å². The molecule has 0 aliphatic heterocycles. The summed E-state index contributed by atoms with van der Waals surface area (Å²) in [6.07, 6.45) is 0. The van der Waals surface area contributed by atoms with E-state index in [2.05, 4.69) is 15.7 Å². The number of nitrogen functional groups attached to an aromatic ring is 1. The van der Waals surface area contributed by atoms with Crippen molar-refractivity contribution in [3.05, 3.63) is 53.7 Å². The molecule has 110 valence electrons. The zero-order valence-electron chi connectivity index (χ0n) is 11.8. The monoisotopic (exact) mass is 286 g/mol. The topological polar surface area (TPSA) is 89.3 Å². The van der Waals surface area contributed by atoms with Gasteiger partial charge in [-0.25, -0.2) is 10.8 Å². The van der Waals surface area contributed by atoms with Gasteiger partial charge in [0.2, 0.25) is 0 Å². The smallest absolute Gasteiger partial charge is 0.251 e. The van der Waals surface area contributed by atoms with Gasteiger partial charge in [0.05, 0.1) is 6.54 Å². The number of amides is 1. The number of pyridine rings is 1. The molecule has 0 aliphatic rings. The maximum absolute atomic E-state index is 12.0. The lowest BCUT2D eigenvalue weighted by molar-refractivity contribution is 0.0947. The van der Waals surface area contributed by atoms with Crippen molar-refractivity contribution in [1.82, 2.24) is 10.3 Å². The number of hydrazine groups is 1. The van der Waals surface area contributed by atoms with Crippen molar-refractivity contribution in [2.45, 2.75) is 6.92 Å². The van der Waals surface area contributed by atoms with Crippen LogP contribution < -0.4 is 21.3 Å². The van der Waals surface area contributed by atoms with E-state index in [0.29, 0.717) is 24.5 Å². The molecule has 0 spiro atoms. The van der Waals surface area contributed by atoms with E-state index in [1.54, 1.807) is 19.1 Å². The Hall–Kier alpha value is -2.60. The number of carbonyl (C=O) groups is 1. The number of ether oxygens (including phenoxy) is 1. The predicted molar refractivity (Wildman–Crippen MR) is 81.1 cm³/mol. The summed E-state index contributed by atoms with van der Waals surface area (Å²) in [5.41, 5.74) is 3.66. The number of carbonyl (C=O) groups excluding carboxylic acids is 1. The van der Waals surface area contributed by atoms with Crippen LogP contribution >= 0.6 is 0 Å². The molecule has 0 atom stereocenters. The van der Waals surface area contributed by atoms with E-state index < -0.39 is 0 Å². The zero-order chi connectivity index (χ0) is 15.1. The Bertz CT molecular complexity index is 602. The van der Waals surface area contributed by atoms with E-state index in [4.69, 9.17) is 10.6 Å².